The molecule has 0 bridgehead atoms. The Kier molecular flexibility index (Phi) is 5.95. The van der Waals surface area contributed by atoms with Crippen molar-refractivity contribution in [3.8, 4) is 5.75 Å². The molecule has 0 spiro atoms. The van der Waals surface area contributed by atoms with Crippen LogP contribution in [-0.4, -0.2) is 46.7 Å². The quantitative estimate of drug-likeness (QED) is 0.804. The first kappa shape index (κ1) is 17.5. The van der Waals surface area contributed by atoms with Gasteiger partial charge in [0.25, 0.3) is 0 Å². The number of likely N-dealkylation sites (N-methyl/N-ethyl adjacent to an activating group) is 1. The molecule has 1 N–H and O–H groups in total. The highest BCUT2D eigenvalue weighted by molar-refractivity contribution is 6.34. The number of carbonyl (C=O) groups is 2. The second-order valence-corrected chi connectivity index (χ2v) is 5.58. The van der Waals surface area contributed by atoms with E-state index in [0.717, 1.165) is 5.56 Å². The van der Waals surface area contributed by atoms with Gasteiger partial charge in [-0.2, -0.15) is 5.10 Å². The van der Waals surface area contributed by atoms with Crippen LogP contribution in [0.5, 0.6) is 5.75 Å². The molecule has 2 rings (SSSR count). The molecule has 0 saturated heterocycles. The van der Waals surface area contributed by atoms with E-state index in [1.165, 1.54) is 4.90 Å². The maximum atomic E-state index is 12.2. The first-order chi connectivity index (χ1) is 11.5. The molecule has 128 valence electrons. The zero-order valence-corrected chi connectivity index (χ0v) is 14.1. The van der Waals surface area contributed by atoms with E-state index in [1.54, 1.807) is 37.3 Å². The molecule has 7 nitrogen and oxygen atoms in total. The van der Waals surface area contributed by atoms with Crippen LogP contribution in [0.25, 0.3) is 0 Å². The van der Waals surface area contributed by atoms with Crippen molar-refractivity contribution in [1.82, 2.24) is 20.0 Å². The van der Waals surface area contributed by atoms with Crippen LogP contribution in [0.4, 0.5) is 0 Å². The minimum absolute atomic E-state index is 0.207. The Labute approximate surface area is 141 Å². The minimum atomic E-state index is -0.632. The van der Waals surface area contributed by atoms with Crippen molar-refractivity contribution in [2.45, 2.75) is 26.1 Å². The fourth-order valence-corrected chi connectivity index (χ4v) is 2.35. The Morgan fingerprint density at radius 2 is 2.08 bits per heavy atom. The fraction of sp³-hybridized carbons (Fsp3) is 0.353. The van der Waals surface area contributed by atoms with Crippen LogP contribution in [-0.2, 0) is 22.7 Å². The van der Waals surface area contributed by atoms with Crippen LogP contribution in [0, 0.1) is 0 Å². The van der Waals surface area contributed by atoms with E-state index in [-0.39, 0.29) is 6.04 Å². The summed E-state index contributed by atoms with van der Waals surface area (Å²) in [5, 5.41) is 6.77. The third-order valence-electron chi connectivity index (χ3n) is 3.54. The lowest BCUT2D eigenvalue weighted by molar-refractivity contribution is -0.145. The number of nitrogens with zero attached hydrogens (tertiary/aromatic N) is 3. The van der Waals surface area contributed by atoms with Gasteiger partial charge >= 0.3 is 11.8 Å². The van der Waals surface area contributed by atoms with Gasteiger partial charge in [0.1, 0.15) is 5.75 Å². The summed E-state index contributed by atoms with van der Waals surface area (Å²) in [7, 11) is 3.16. The zero-order chi connectivity index (χ0) is 17.5. The Morgan fingerprint density at radius 1 is 1.33 bits per heavy atom. The standard InChI is InChI=1S/C17H22N4O3/c1-13(11-21-10-6-9-18-21)19-16(22)17(23)20(2)12-14-7-4-5-8-15(14)24-3/h4-10,13H,11-12H2,1-3H3,(H,19,22)/t13-/m1/s1. The van der Waals surface area contributed by atoms with Gasteiger partial charge in [-0.25, -0.2) is 0 Å². The molecule has 1 atom stereocenters. The summed E-state index contributed by atoms with van der Waals surface area (Å²) in [5.74, 6) is -0.537. The molecule has 2 aromatic rings. The van der Waals surface area contributed by atoms with Crippen LogP contribution in [0.1, 0.15) is 12.5 Å². The summed E-state index contributed by atoms with van der Waals surface area (Å²) >= 11 is 0. The maximum Gasteiger partial charge on any atom is 0.311 e. The molecule has 0 aliphatic carbocycles. The number of para-hydroxylation sites is 1. The number of rotatable bonds is 6. The average molecular weight is 330 g/mol. The number of hydrogen-bond donors (Lipinski definition) is 1. The lowest BCUT2D eigenvalue weighted by Crippen LogP contribution is -2.45. The Bertz CT molecular complexity index is 685. The predicted molar refractivity (Wildman–Crippen MR) is 89.3 cm³/mol. The summed E-state index contributed by atoms with van der Waals surface area (Å²) < 4.78 is 6.96. The molecule has 1 aromatic carbocycles. The first-order valence-corrected chi connectivity index (χ1v) is 7.66. The van der Waals surface area contributed by atoms with Gasteiger partial charge in [0, 0.05) is 37.6 Å². The van der Waals surface area contributed by atoms with Crippen LogP contribution in [0.3, 0.4) is 0 Å². The molecule has 1 aromatic heterocycles. The van der Waals surface area contributed by atoms with E-state index in [0.29, 0.717) is 18.8 Å². The summed E-state index contributed by atoms with van der Waals surface area (Å²) in [5.41, 5.74) is 0.841. The summed E-state index contributed by atoms with van der Waals surface area (Å²) in [6.45, 7) is 2.62. The largest absolute Gasteiger partial charge is 0.496 e. The molecule has 2 amide bonds. The number of ether oxygens (including phenoxy) is 1. The Balaban J connectivity index is 1.90. The topological polar surface area (TPSA) is 76.5 Å². The van der Waals surface area contributed by atoms with Gasteiger partial charge in [-0.15, -0.1) is 0 Å². The Morgan fingerprint density at radius 3 is 2.75 bits per heavy atom. The molecule has 0 fully saturated rings. The van der Waals surface area contributed by atoms with Gasteiger partial charge in [-0.05, 0) is 19.1 Å². The zero-order valence-electron chi connectivity index (χ0n) is 14.1. The van der Waals surface area contributed by atoms with E-state index < -0.39 is 11.8 Å². The van der Waals surface area contributed by atoms with Gasteiger partial charge in [-0.1, -0.05) is 18.2 Å². The van der Waals surface area contributed by atoms with E-state index in [2.05, 4.69) is 10.4 Å². The van der Waals surface area contributed by atoms with Crippen molar-refractivity contribution in [3.63, 3.8) is 0 Å². The van der Waals surface area contributed by atoms with E-state index in [1.807, 2.05) is 31.2 Å². The number of carbonyl (C=O) groups excluding carboxylic acids is 2. The maximum absolute atomic E-state index is 12.2. The normalized spacial score (nSPS) is 11.6. The predicted octanol–water partition coefficient (Wildman–Crippen LogP) is 1.05. The van der Waals surface area contributed by atoms with Gasteiger partial charge in [0.05, 0.1) is 13.7 Å². The highest BCUT2D eigenvalue weighted by atomic mass is 16.5. The van der Waals surface area contributed by atoms with Gasteiger partial charge in [0.2, 0.25) is 0 Å². The van der Waals surface area contributed by atoms with Gasteiger partial charge < -0.3 is 15.0 Å². The van der Waals surface area contributed by atoms with Crippen molar-refractivity contribution >= 4 is 11.8 Å². The molecule has 1 heterocycles. The number of methoxy groups -OCH3 is 1. The van der Waals surface area contributed by atoms with Crippen molar-refractivity contribution in [2.75, 3.05) is 14.2 Å². The van der Waals surface area contributed by atoms with Crippen LogP contribution >= 0.6 is 0 Å². The van der Waals surface area contributed by atoms with Crippen molar-refractivity contribution in [2.24, 2.45) is 0 Å². The summed E-state index contributed by atoms with van der Waals surface area (Å²) in [6, 6.07) is 9.00. The third-order valence-corrected chi connectivity index (χ3v) is 3.54. The highest BCUT2D eigenvalue weighted by Crippen LogP contribution is 2.18. The van der Waals surface area contributed by atoms with Crippen molar-refractivity contribution in [3.05, 3.63) is 48.3 Å². The first-order valence-electron chi connectivity index (χ1n) is 7.66. The number of benzene rings is 1. The number of nitrogens with one attached hydrogen (secondary N) is 1. The monoisotopic (exact) mass is 330 g/mol. The third kappa shape index (κ3) is 4.58. The smallest absolute Gasteiger partial charge is 0.311 e. The molecule has 24 heavy (non-hydrogen) atoms. The van der Waals surface area contributed by atoms with Crippen LogP contribution in [0.2, 0.25) is 0 Å². The van der Waals surface area contributed by atoms with Crippen molar-refractivity contribution < 1.29 is 14.3 Å². The van der Waals surface area contributed by atoms with Crippen LogP contribution < -0.4 is 10.1 Å². The van der Waals surface area contributed by atoms with E-state index >= 15 is 0 Å². The van der Waals surface area contributed by atoms with E-state index in [4.69, 9.17) is 4.74 Å². The second-order valence-electron chi connectivity index (χ2n) is 5.58. The minimum Gasteiger partial charge on any atom is -0.496 e. The lowest BCUT2D eigenvalue weighted by Gasteiger charge is -2.20. The average Bonchev–Trinajstić information content (AvgIpc) is 3.07. The summed E-state index contributed by atoms with van der Waals surface area (Å²) in [4.78, 5) is 25.7. The van der Waals surface area contributed by atoms with Gasteiger partial charge in [0.15, 0.2) is 0 Å². The second kappa shape index (κ2) is 8.14. The molecule has 0 saturated carbocycles. The summed E-state index contributed by atoms with van der Waals surface area (Å²) in [6.07, 6.45) is 3.47. The molecular formula is C17H22N4O3. The van der Waals surface area contributed by atoms with Crippen molar-refractivity contribution in [1.29, 1.82) is 0 Å². The van der Waals surface area contributed by atoms with Gasteiger partial charge in [-0.3, -0.25) is 14.3 Å². The fourth-order valence-electron chi connectivity index (χ4n) is 2.35. The Hall–Kier alpha value is -2.83. The van der Waals surface area contributed by atoms with E-state index in [9.17, 15) is 9.59 Å². The number of amides is 2. The molecular weight excluding hydrogens is 308 g/mol. The molecule has 0 aliphatic rings. The van der Waals surface area contributed by atoms with Crippen LogP contribution in [0.15, 0.2) is 42.7 Å². The number of aromatic nitrogens is 2. The SMILES string of the molecule is COc1ccccc1CN(C)C(=O)C(=O)N[C@H](C)Cn1cccn1. The number of hydrogen-bond acceptors (Lipinski definition) is 4. The highest BCUT2D eigenvalue weighted by Gasteiger charge is 2.21. The molecule has 7 heteroatoms. The molecule has 0 aliphatic heterocycles. The lowest BCUT2D eigenvalue weighted by atomic mass is 10.2. The molecule has 0 radical (unpaired) electrons. The molecule has 0 unspecified atom stereocenters.